The summed E-state index contributed by atoms with van der Waals surface area (Å²) in [4.78, 5) is 26.2. The van der Waals surface area contributed by atoms with Crippen LogP contribution in [0.15, 0.2) is 18.2 Å². The standard InChI is InChI=1S/C26H40ClFN4O5/c1-35-25(33)30-9-13-37-24(21-14-22(27)16-23(28)15-21)20-8-5-10-31(17-20)26(34)32(29)11-4-7-19-6-2-3-12-36-18-19/h14-16,19-20,24H,2-13,17-18,29H2,1H3,(H,30,33). The molecule has 3 rings (SSSR count). The van der Waals surface area contributed by atoms with Crippen molar-refractivity contribution in [2.45, 2.75) is 51.0 Å². The smallest absolute Gasteiger partial charge is 0.406 e. The van der Waals surface area contributed by atoms with Crippen LogP contribution in [0.1, 0.15) is 56.6 Å². The van der Waals surface area contributed by atoms with Crippen molar-refractivity contribution in [1.82, 2.24) is 15.2 Å². The molecule has 2 aliphatic rings. The van der Waals surface area contributed by atoms with Crippen LogP contribution in [0.25, 0.3) is 0 Å². The number of methoxy groups -OCH3 is 1. The number of piperidine rings is 1. The molecule has 0 saturated carbocycles. The highest BCUT2D eigenvalue weighted by atomic mass is 35.5. The minimum absolute atomic E-state index is 0.0924. The van der Waals surface area contributed by atoms with Crippen molar-refractivity contribution in [3.8, 4) is 0 Å². The minimum Gasteiger partial charge on any atom is -0.453 e. The van der Waals surface area contributed by atoms with Crippen molar-refractivity contribution in [2.75, 3.05) is 53.1 Å². The van der Waals surface area contributed by atoms with Crippen LogP contribution in [0.4, 0.5) is 14.0 Å². The second-order valence-corrected chi connectivity index (χ2v) is 10.3. The number of carbonyl (C=O) groups excluding carboxylic acids is 2. The molecule has 9 nitrogen and oxygen atoms in total. The number of amides is 3. The van der Waals surface area contributed by atoms with E-state index >= 15 is 0 Å². The monoisotopic (exact) mass is 542 g/mol. The number of hydrogen-bond acceptors (Lipinski definition) is 6. The number of hydrogen-bond donors (Lipinski definition) is 2. The summed E-state index contributed by atoms with van der Waals surface area (Å²) < 4.78 is 30.5. The lowest BCUT2D eigenvalue weighted by molar-refractivity contribution is -0.0108. The second-order valence-electron chi connectivity index (χ2n) is 9.82. The maximum atomic E-state index is 14.2. The van der Waals surface area contributed by atoms with Crippen molar-refractivity contribution in [3.63, 3.8) is 0 Å². The summed E-state index contributed by atoms with van der Waals surface area (Å²) in [7, 11) is 1.29. The van der Waals surface area contributed by atoms with E-state index in [1.54, 1.807) is 11.0 Å². The lowest BCUT2D eigenvalue weighted by atomic mass is 9.88. The molecule has 0 radical (unpaired) electrons. The molecule has 2 fully saturated rings. The molecule has 208 valence electrons. The third-order valence-corrected chi connectivity index (χ3v) is 7.20. The molecule has 0 bridgehead atoms. The van der Waals surface area contributed by atoms with Crippen LogP contribution in [-0.4, -0.2) is 75.1 Å². The van der Waals surface area contributed by atoms with Crippen molar-refractivity contribution < 1.29 is 28.2 Å². The minimum atomic E-state index is -0.557. The maximum Gasteiger partial charge on any atom is 0.406 e. The number of halogens is 2. The first kappa shape index (κ1) is 29.4. The summed E-state index contributed by atoms with van der Waals surface area (Å²) in [5.41, 5.74) is 0.595. The van der Waals surface area contributed by atoms with Crippen LogP contribution in [-0.2, 0) is 14.2 Å². The highest BCUT2D eigenvalue weighted by Crippen LogP contribution is 2.34. The van der Waals surface area contributed by atoms with Gasteiger partial charge in [-0.2, -0.15) is 0 Å². The molecular weight excluding hydrogens is 503 g/mol. The van der Waals surface area contributed by atoms with Crippen LogP contribution in [0.5, 0.6) is 0 Å². The van der Waals surface area contributed by atoms with Crippen molar-refractivity contribution in [1.29, 1.82) is 0 Å². The van der Waals surface area contributed by atoms with Crippen LogP contribution >= 0.6 is 11.6 Å². The largest absolute Gasteiger partial charge is 0.453 e. The number of likely N-dealkylation sites (tertiary alicyclic amines) is 1. The van der Waals surface area contributed by atoms with Crippen LogP contribution < -0.4 is 11.2 Å². The van der Waals surface area contributed by atoms with Crippen molar-refractivity contribution in [3.05, 3.63) is 34.6 Å². The predicted octanol–water partition coefficient (Wildman–Crippen LogP) is 4.50. The highest BCUT2D eigenvalue weighted by Gasteiger charge is 2.33. The molecule has 1 aromatic carbocycles. The van der Waals surface area contributed by atoms with Gasteiger partial charge < -0.3 is 24.4 Å². The average molecular weight is 543 g/mol. The number of nitrogens with two attached hydrogens (primary N) is 1. The van der Waals surface area contributed by atoms with Gasteiger partial charge >= 0.3 is 12.1 Å². The number of rotatable bonds is 10. The fraction of sp³-hybridized carbons (Fsp3) is 0.692. The average Bonchev–Trinajstić information content (AvgIpc) is 3.16. The fourth-order valence-electron chi connectivity index (χ4n) is 5.11. The summed E-state index contributed by atoms with van der Waals surface area (Å²) in [5.74, 6) is 6.14. The van der Waals surface area contributed by atoms with Gasteiger partial charge in [0.1, 0.15) is 5.82 Å². The lowest BCUT2D eigenvalue weighted by Crippen LogP contribution is -2.51. The van der Waals surface area contributed by atoms with Crippen LogP contribution in [0.3, 0.4) is 0 Å². The van der Waals surface area contributed by atoms with Gasteiger partial charge in [0, 0.05) is 50.3 Å². The van der Waals surface area contributed by atoms with Gasteiger partial charge in [-0.05, 0) is 68.2 Å². The van der Waals surface area contributed by atoms with E-state index in [2.05, 4.69) is 10.1 Å². The van der Waals surface area contributed by atoms with Gasteiger partial charge in [-0.25, -0.2) is 19.8 Å². The summed E-state index contributed by atoms with van der Waals surface area (Å²) in [6.07, 6.45) is 5.77. The Labute approximate surface area is 223 Å². The van der Waals surface area contributed by atoms with Gasteiger partial charge in [-0.1, -0.05) is 18.0 Å². The Hall–Kier alpha value is -2.14. The normalized spacial score (nSPS) is 21.1. The first-order valence-electron chi connectivity index (χ1n) is 13.2. The number of nitrogens with one attached hydrogen (secondary N) is 1. The molecule has 0 aromatic heterocycles. The molecule has 37 heavy (non-hydrogen) atoms. The number of urea groups is 1. The zero-order valence-corrected chi connectivity index (χ0v) is 22.4. The molecule has 2 saturated heterocycles. The van der Waals surface area contributed by atoms with Crippen LogP contribution in [0.2, 0.25) is 5.02 Å². The zero-order valence-electron chi connectivity index (χ0n) is 21.6. The molecule has 3 N–H and O–H groups in total. The quantitative estimate of drug-likeness (QED) is 0.195. The number of alkyl carbamates (subject to hydrolysis) is 1. The SMILES string of the molecule is COC(=O)NCCOC(c1cc(F)cc(Cl)c1)C1CCCN(C(=O)N(N)CCCC2CCCCOC2)C1. The summed E-state index contributed by atoms with van der Waals surface area (Å²) >= 11 is 6.12. The Bertz CT molecular complexity index is 851. The molecule has 11 heteroatoms. The first-order chi connectivity index (χ1) is 17.9. The van der Waals surface area contributed by atoms with Gasteiger partial charge in [0.25, 0.3) is 0 Å². The summed E-state index contributed by atoms with van der Waals surface area (Å²) in [6.45, 7) is 3.53. The van der Waals surface area contributed by atoms with E-state index in [1.807, 2.05) is 0 Å². The topological polar surface area (TPSA) is 106 Å². The van der Waals surface area contributed by atoms with E-state index in [1.165, 1.54) is 30.7 Å². The summed E-state index contributed by atoms with van der Waals surface area (Å²) in [5, 5.41) is 4.14. The van der Waals surface area contributed by atoms with E-state index in [4.69, 9.17) is 26.9 Å². The van der Waals surface area contributed by atoms with Crippen LogP contribution in [0, 0.1) is 17.7 Å². The van der Waals surface area contributed by atoms with Gasteiger partial charge in [-0.3, -0.25) is 5.01 Å². The predicted molar refractivity (Wildman–Crippen MR) is 138 cm³/mol. The van der Waals surface area contributed by atoms with Crippen molar-refractivity contribution >= 4 is 23.7 Å². The Morgan fingerprint density at radius 2 is 2.14 bits per heavy atom. The molecule has 3 atom stereocenters. The third-order valence-electron chi connectivity index (χ3n) is 6.99. The van der Waals surface area contributed by atoms with E-state index in [-0.39, 0.29) is 30.1 Å². The van der Waals surface area contributed by atoms with Gasteiger partial charge in [-0.15, -0.1) is 0 Å². The van der Waals surface area contributed by atoms with E-state index < -0.39 is 18.0 Å². The maximum absolute atomic E-state index is 14.2. The molecule has 0 aliphatic carbocycles. The lowest BCUT2D eigenvalue weighted by Gasteiger charge is -2.38. The molecule has 2 heterocycles. The van der Waals surface area contributed by atoms with E-state index in [9.17, 15) is 14.0 Å². The van der Waals surface area contributed by atoms with E-state index in [0.717, 1.165) is 51.7 Å². The van der Waals surface area contributed by atoms with E-state index in [0.29, 0.717) is 31.1 Å². The fourth-order valence-corrected chi connectivity index (χ4v) is 5.34. The molecule has 1 aromatic rings. The molecule has 0 spiro atoms. The second kappa shape index (κ2) is 15.3. The first-order valence-corrected chi connectivity index (χ1v) is 13.5. The summed E-state index contributed by atoms with van der Waals surface area (Å²) in [6, 6.07) is 4.10. The zero-order chi connectivity index (χ0) is 26.6. The Balaban J connectivity index is 1.58. The van der Waals surface area contributed by atoms with Crippen molar-refractivity contribution in [2.24, 2.45) is 17.7 Å². The Morgan fingerprint density at radius 3 is 2.92 bits per heavy atom. The number of carbonyl (C=O) groups is 2. The van der Waals surface area contributed by atoms with Gasteiger partial charge in [0.2, 0.25) is 0 Å². The third kappa shape index (κ3) is 9.59. The molecule has 2 aliphatic heterocycles. The number of ether oxygens (including phenoxy) is 3. The molecule has 3 unspecified atom stereocenters. The van der Waals surface area contributed by atoms with Gasteiger partial charge in [0.05, 0.1) is 19.8 Å². The molecule has 3 amide bonds. The Morgan fingerprint density at radius 1 is 1.30 bits per heavy atom. The van der Waals surface area contributed by atoms with Gasteiger partial charge in [0.15, 0.2) is 0 Å². The number of benzene rings is 1. The highest BCUT2D eigenvalue weighted by molar-refractivity contribution is 6.30. The Kier molecular flexibility index (Phi) is 12.2. The number of nitrogens with zero attached hydrogens (tertiary/aromatic N) is 2. The number of hydrazine groups is 1. The molecular formula is C26H40ClFN4O5.